The van der Waals surface area contributed by atoms with Crippen molar-refractivity contribution < 1.29 is 19.5 Å². The Bertz CT molecular complexity index is 431. The van der Waals surface area contributed by atoms with Gasteiger partial charge in [-0.2, -0.15) is 0 Å². The van der Waals surface area contributed by atoms with Gasteiger partial charge in [-0.25, -0.2) is 0 Å². The number of carboxylic acid groups (broad SMARTS) is 1. The van der Waals surface area contributed by atoms with Crippen LogP contribution in [0.4, 0.5) is 0 Å². The minimum Gasteiger partial charge on any atom is -0.481 e. The molecular weight excluding hydrogens is 272 g/mol. The largest absolute Gasteiger partial charge is 0.481 e. The maximum absolute atomic E-state index is 12.3. The summed E-state index contributed by atoms with van der Waals surface area (Å²) in [4.78, 5) is 35.4. The summed E-state index contributed by atoms with van der Waals surface area (Å²) in [5.74, 6) is -2.68. The second kappa shape index (κ2) is 7.81. The van der Waals surface area contributed by atoms with Gasteiger partial charge in [0.1, 0.15) is 6.04 Å². The first-order valence-electron chi connectivity index (χ1n) is 7.26. The fourth-order valence-corrected chi connectivity index (χ4v) is 2.53. The monoisotopic (exact) mass is 296 g/mol. The van der Waals surface area contributed by atoms with Crippen molar-refractivity contribution in [3.8, 4) is 0 Å². The maximum Gasteiger partial charge on any atom is 0.307 e. The number of aliphatic carboxylic acids is 1. The molecule has 118 valence electrons. The number of rotatable bonds is 6. The van der Waals surface area contributed by atoms with Crippen LogP contribution in [0.3, 0.4) is 0 Å². The molecule has 2 amide bonds. The first-order valence-corrected chi connectivity index (χ1v) is 7.26. The number of carbonyl (C=O) groups is 3. The second-order valence-electron chi connectivity index (χ2n) is 5.80. The van der Waals surface area contributed by atoms with Gasteiger partial charge in [0, 0.05) is 7.05 Å². The molecule has 3 unspecified atom stereocenters. The van der Waals surface area contributed by atoms with Crippen molar-refractivity contribution >= 4 is 17.8 Å². The first kappa shape index (κ1) is 17.2. The zero-order chi connectivity index (χ0) is 16.0. The molecule has 1 rings (SSSR count). The average Bonchev–Trinajstić information content (AvgIpc) is 2.45. The number of carbonyl (C=O) groups excluding carboxylic acids is 2. The predicted molar refractivity (Wildman–Crippen MR) is 78.4 cm³/mol. The van der Waals surface area contributed by atoms with E-state index in [0.29, 0.717) is 19.3 Å². The Labute approximate surface area is 125 Å². The van der Waals surface area contributed by atoms with E-state index in [-0.39, 0.29) is 17.7 Å². The van der Waals surface area contributed by atoms with Crippen LogP contribution in [-0.4, -0.2) is 36.0 Å². The highest BCUT2D eigenvalue weighted by molar-refractivity contribution is 5.90. The number of amides is 2. The van der Waals surface area contributed by atoms with Crippen LogP contribution in [0.5, 0.6) is 0 Å². The number of carboxylic acids is 1. The fourth-order valence-electron chi connectivity index (χ4n) is 2.53. The molecule has 21 heavy (non-hydrogen) atoms. The molecular formula is C15H24N2O4. The molecule has 0 saturated carbocycles. The molecule has 1 aliphatic carbocycles. The topological polar surface area (TPSA) is 95.5 Å². The molecule has 0 spiro atoms. The number of likely N-dealkylation sites (N-methyl/N-ethyl adjacent to an activating group) is 1. The maximum atomic E-state index is 12.3. The summed E-state index contributed by atoms with van der Waals surface area (Å²) in [6.45, 7) is 3.93. The molecule has 0 aliphatic heterocycles. The second-order valence-corrected chi connectivity index (χ2v) is 5.80. The molecule has 1 aliphatic rings. The Hall–Kier alpha value is -1.85. The van der Waals surface area contributed by atoms with E-state index >= 15 is 0 Å². The Morgan fingerprint density at radius 3 is 2.24 bits per heavy atom. The van der Waals surface area contributed by atoms with Crippen molar-refractivity contribution in [3.05, 3.63) is 12.2 Å². The van der Waals surface area contributed by atoms with E-state index in [2.05, 4.69) is 10.6 Å². The van der Waals surface area contributed by atoms with Crippen LogP contribution in [-0.2, 0) is 14.4 Å². The molecule has 6 heteroatoms. The van der Waals surface area contributed by atoms with Crippen LogP contribution in [0.15, 0.2) is 12.2 Å². The van der Waals surface area contributed by atoms with Crippen LogP contribution >= 0.6 is 0 Å². The molecule has 0 bridgehead atoms. The molecule has 0 radical (unpaired) electrons. The van der Waals surface area contributed by atoms with Gasteiger partial charge in [-0.1, -0.05) is 26.0 Å². The third-order valence-corrected chi connectivity index (χ3v) is 3.67. The van der Waals surface area contributed by atoms with Crippen molar-refractivity contribution in [2.24, 2.45) is 17.8 Å². The third-order valence-electron chi connectivity index (χ3n) is 3.67. The summed E-state index contributed by atoms with van der Waals surface area (Å²) in [6.07, 6.45) is 4.87. The van der Waals surface area contributed by atoms with Crippen molar-refractivity contribution in [1.82, 2.24) is 10.6 Å². The predicted octanol–water partition coefficient (Wildman–Crippen LogP) is 0.930. The van der Waals surface area contributed by atoms with Gasteiger partial charge in [-0.3, -0.25) is 14.4 Å². The van der Waals surface area contributed by atoms with Crippen molar-refractivity contribution in [2.75, 3.05) is 7.05 Å². The summed E-state index contributed by atoms with van der Waals surface area (Å²) in [7, 11) is 1.52. The van der Waals surface area contributed by atoms with Crippen LogP contribution in [0, 0.1) is 17.8 Å². The Balaban J connectivity index is 2.77. The third kappa shape index (κ3) is 4.88. The number of hydrogen-bond donors (Lipinski definition) is 3. The lowest BCUT2D eigenvalue weighted by atomic mass is 9.82. The standard InChI is InChI=1S/C15H24N2O4/c1-9(2)8-12(14(19)16-3)17-13(18)10-6-4-5-7-11(10)15(20)21/h4-5,9-12H,6-8H2,1-3H3,(H,16,19)(H,17,18)(H,20,21). The first-order chi connectivity index (χ1) is 9.86. The molecule has 0 aromatic carbocycles. The van der Waals surface area contributed by atoms with Crippen LogP contribution in [0.1, 0.15) is 33.1 Å². The Kier molecular flexibility index (Phi) is 6.39. The summed E-state index contributed by atoms with van der Waals surface area (Å²) in [6, 6.07) is -0.622. The van der Waals surface area contributed by atoms with E-state index in [1.807, 2.05) is 19.9 Å². The van der Waals surface area contributed by atoms with Gasteiger partial charge < -0.3 is 15.7 Å². The highest BCUT2D eigenvalue weighted by atomic mass is 16.4. The lowest BCUT2D eigenvalue weighted by molar-refractivity contribution is -0.147. The molecule has 0 aromatic rings. The number of hydrogen-bond acceptors (Lipinski definition) is 3. The molecule has 0 aromatic heterocycles. The molecule has 0 heterocycles. The lowest BCUT2D eigenvalue weighted by Crippen LogP contribution is -2.50. The van der Waals surface area contributed by atoms with Gasteiger partial charge in [0.15, 0.2) is 0 Å². The molecule has 0 fully saturated rings. The van der Waals surface area contributed by atoms with Gasteiger partial charge in [-0.05, 0) is 25.2 Å². The van der Waals surface area contributed by atoms with E-state index in [1.54, 1.807) is 6.08 Å². The van der Waals surface area contributed by atoms with E-state index in [0.717, 1.165) is 0 Å². The lowest BCUT2D eigenvalue weighted by Gasteiger charge is -2.27. The van der Waals surface area contributed by atoms with Gasteiger partial charge in [0.05, 0.1) is 11.8 Å². The normalized spacial score (nSPS) is 22.7. The van der Waals surface area contributed by atoms with Crippen LogP contribution in [0.2, 0.25) is 0 Å². The smallest absolute Gasteiger partial charge is 0.307 e. The highest BCUT2D eigenvalue weighted by Gasteiger charge is 2.35. The SMILES string of the molecule is CNC(=O)C(CC(C)C)NC(=O)C1CC=CCC1C(=O)O. The van der Waals surface area contributed by atoms with Gasteiger partial charge in [-0.15, -0.1) is 0 Å². The van der Waals surface area contributed by atoms with Crippen LogP contribution < -0.4 is 10.6 Å². The average molecular weight is 296 g/mol. The fraction of sp³-hybridized carbons (Fsp3) is 0.667. The van der Waals surface area contributed by atoms with E-state index < -0.39 is 23.8 Å². The Morgan fingerprint density at radius 2 is 1.76 bits per heavy atom. The molecule has 6 nitrogen and oxygen atoms in total. The summed E-state index contributed by atoms with van der Waals surface area (Å²) in [5, 5.41) is 14.4. The van der Waals surface area contributed by atoms with Crippen LogP contribution in [0.25, 0.3) is 0 Å². The van der Waals surface area contributed by atoms with Crippen molar-refractivity contribution in [1.29, 1.82) is 0 Å². The highest BCUT2D eigenvalue weighted by Crippen LogP contribution is 2.26. The molecule has 3 N–H and O–H groups in total. The number of nitrogens with one attached hydrogen (secondary N) is 2. The Morgan fingerprint density at radius 1 is 1.19 bits per heavy atom. The molecule has 3 atom stereocenters. The zero-order valence-electron chi connectivity index (χ0n) is 12.8. The van der Waals surface area contributed by atoms with Crippen molar-refractivity contribution in [2.45, 2.75) is 39.2 Å². The minimum atomic E-state index is -0.972. The van der Waals surface area contributed by atoms with E-state index in [1.165, 1.54) is 7.05 Å². The summed E-state index contributed by atoms with van der Waals surface area (Å²) >= 11 is 0. The van der Waals surface area contributed by atoms with Gasteiger partial charge in [0.2, 0.25) is 11.8 Å². The van der Waals surface area contributed by atoms with E-state index in [9.17, 15) is 19.5 Å². The summed E-state index contributed by atoms with van der Waals surface area (Å²) < 4.78 is 0. The molecule has 0 saturated heterocycles. The van der Waals surface area contributed by atoms with Gasteiger partial charge >= 0.3 is 5.97 Å². The van der Waals surface area contributed by atoms with Gasteiger partial charge in [0.25, 0.3) is 0 Å². The quantitative estimate of drug-likeness (QED) is 0.635. The zero-order valence-corrected chi connectivity index (χ0v) is 12.8. The van der Waals surface area contributed by atoms with Crippen molar-refractivity contribution in [3.63, 3.8) is 0 Å². The summed E-state index contributed by atoms with van der Waals surface area (Å²) in [5.41, 5.74) is 0. The van der Waals surface area contributed by atoms with E-state index in [4.69, 9.17) is 0 Å². The minimum absolute atomic E-state index is 0.245. The number of allylic oxidation sites excluding steroid dienone is 2.